The number of hydrogen-bond acceptors (Lipinski definition) is 7. The molecule has 0 fully saturated rings. The minimum Gasteiger partial charge on any atom is -0.324 e. The second kappa shape index (κ2) is 10.7. The molecule has 0 radical (unpaired) electrons. The standard InChI is InChI=1S/C33H11Cl6N9/c34-19-4-13-14(5-20(19)35)28-42-27(13)41-26-12-3-1-2-11(10-40)25(12)33(47-26)48-32-18-9-24(39)23(38)8-17(18)31(46-32)45-30-16-7-22(37)21(36)6-15(16)29(43-28)44-30/h1-9H,(H2,41,42,43,44,45,46,47,48). The molecule has 2 aliphatic heterocycles. The number of nitrogens with zero attached hydrogens (tertiary/aromatic N) is 7. The Balaban J connectivity index is 1.53. The lowest BCUT2D eigenvalue weighted by Gasteiger charge is -2.01. The molecule has 9 nitrogen and oxygen atoms in total. The van der Waals surface area contributed by atoms with Gasteiger partial charge in [0.2, 0.25) is 0 Å². The van der Waals surface area contributed by atoms with Crippen LogP contribution >= 0.6 is 69.6 Å². The van der Waals surface area contributed by atoms with Crippen molar-refractivity contribution in [2.45, 2.75) is 0 Å². The van der Waals surface area contributed by atoms with Crippen molar-refractivity contribution in [2.75, 3.05) is 0 Å². The summed E-state index contributed by atoms with van der Waals surface area (Å²) in [5.74, 6) is 1.22. The van der Waals surface area contributed by atoms with Crippen LogP contribution in [0.15, 0.2) is 54.6 Å². The summed E-state index contributed by atoms with van der Waals surface area (Å²) in [5.41, 5.74) is 4.32. The van der Waals surface area contributed by atoms with Crippen LogP contribution in [0.4, 0.5) is 0 Å². The van der Waals surface area contributed by atoms with Gasteiger partial charge in [-0.3, -0.25) is 0 Å². The summed E-state index contributed by atoms with van der Waals surface area (Å²) in [6.07, 6.45) is 0. The number of H-pyrrole nitrogens is 2. The normalized spacial score (nSPS) is 11.9. The van der Waals surface area contributed by atoms with Gasteiger partial charge < -0.3 is 9.97 Å². The van der Waals surface area contributed by atoms with Gasteiger partial charge in [0.25, 0.3) is 0 Å². The summed E-state index contributed by atoms with van der Waals surface area (Å²) in [4.78, 5) is 35.9. The highest BCUT2D eigenvalue weighted by atomic mass is 35.5. The van der Waals surface area contributed by atoms with Crippen LogP contribution in [-0.2, 0) is 0 Å². The minimum atomic E-state index is 0.291. The van der Waals surface area contributed by atoms with E-state index in [4.69, 9.17) is 99.5 Å². The zero-order valence-electron chi connectivity index (χ0n) is 23.6. The van der Waals surface area contributed by atoms with Crippen molar-refractivity contribution in [3.63, 3.8) is 0 Å². The molecule has 7 aromatic rings. The highest BCUT2D eigenvalue weighted by Crippen LogP contribution is 2.42. The van der Waals surface area contributed by atoms with E-state index in [1.807, 2.05) is 6.07 Å². The zero-order chi connectivity index (χ0) is 33.0. The fourth-order valence-electron chi connectivity index (χ4n) is 5.91. The number of halogens is 6. The average Bonchev–Trinajstić information content (AvgIpc) is 3.77. The maximum Gasteiger partial charge on any atom is 0.164 e. The molecule has 48 heavy (non-hydrogen) atoms. The average molecular weight is 746 g/mol. The topological polar surface area (TPSA) is 133 Å². The lowest BCUT2D eigenvalue weighted by atomic mass is 10.1. The summed E-state index contributed by atoms with van der Waals surface area (Å²) >= 11 is 38.9. The summed E-state index contributed by atoms with van der Waals surface area (Å²) < 4.78 is 0. The summed E-state index contributed by atoms with van der Waals surface area (Å²) in [6.45, 7) is 0. The molecule has 8 bridgehead atoms. The highest BCUT2D eigenvalue weighted by molar-refractivity contribution is 6.44. The molecule has 4 aromatic carbocycles. The van der Waals surface area contributed by atoms with E-state index in [-0.39, 0.29) is 0 Å². The van der Waals surface area contributed by atoms with Crippen LogP contribution in [0, 0.1) is 11.3 Å². The molecule has 0 unspecified atom stereocenters. The maximum atomic E-state index is 10.1. The third-order valence-electron chi connectivity index (χ3n) is 8.10. The lowest BCUT2D eigenvalue weighted by molar-refractivity contribution is 1.19. The SMILES string of the molecule is N#Cc1cccc2c3nc4nc(nc5[nH]c(nc6nc(nc([nH]3)c12)-c1cc(Cl)c(Cl)cc1-6)c1cc(Cl)c(Cl)cc51)-c1cc(Cl)c(Cl)cc1-4. The molecule has 0 saturated carbocycles. The van der Waals surface area contributed by atoms with Crippen LogP contribution < -0.4 is 0 Å². The predicted octanol–water partition coefficient (Wildman–Crippen LogP) is 10.7. The number of benzene rings is 4. The van der Waals surface area contributed by atoms with E-state index < -0.39 is 0 Å². The molecule has 0 saturated heterocycles. The van der Waals surface area contributed by atoms with Crippen molar-refractivity contribution in [1.82, 2.24) is 39.9 Å². The molecule has 5 heterocycles. The van der Waals surface area contributed by atoms with Crippen LogP contribution in [0.5, 0.6) is 0 Å². The Morgan fingerprint density at radius 1 is 0.458 bits per heavy atom. The quantitative estimate of drug-likeness (QED) is 0.158. The smallest absolute Gasteiger partial charge is 0.164 e. The number of nitriles is 1. The van der Waals surface area contributed by atoms with Gasteiger partial charge >= 0.3 is 0 Å². The first-order chi connectivity index (χ1) is 23.2. The molecule has 3 aromatic heterocycles. The van der Waals surface area contributed by atoms with Gasteiger partial charge in [-0.25, -0.2) is 29.9 Å². The molecule has 0 aliphatic carbocycles. The van der Waals surface area contributed by atoms with Crippen molar-refractivity contribution in [3.8, 4) is 51.6 Å². The number of aromatic nitrogens is 8. The van der Waals surface area contributed by atoms with Gasteiger partial charge in [-0.15, -0.1) is 0 Å². The molecular formula is C33H11Cl6N9. The molecule has 0 spiro atoms. The zero-order valence-corrected chi connectivity index (χ0v) is 28.1. The second-order valence-corrected chi connectivity index (χ2v) is 13.3. The summed E-state index contributed by atoms with van der Waals surface area (Å²) in [7, 11) is 0. The second-order valence-electron chi connectivity index (χ2n) is 10.9. The third-order valence-corrected chi connectivity index (χ3v) is 10.3. The van der Waals surface area contributed by atoms with Gasteiger partial charge in [0.05, 0.1) is 41.8 Å². The molecule has 2 N–H and O–H groups in total. The maximum absolute atomic E-state index is 10.1. The van der Waals surface area contributed by atoms with Crippen LogP contribution in [0.2, 0.25) is 30.1 Å². The molecule has 15 heteroatoms. The molecular weight excluding hydrogens is 735 g/mol. The Labute approximate surface area is 299 Å². The van der Waals surface area contributed by atoms with Gasteiger partial charge in [-0.1, -0.05) is 81.7 Å². The number of rotatable bonds is 0. The first-order valence-corrected chi connectivity index (χ1v) is 16.3. The number of hydrogen-bond donors (Lipinski definition) is 2. The van der Waals surface area contributed by atoms with Crippen molar-refractivity contribution >= 4 is 114 Å². The minimum absolute atomic E-state index is 0.291. The van der Waals surface area contributed by atoms with Crippen LogP contribution in [0.1, 0.15) is 5.56 Å². The first-order valence-electron chi connectivity index (χ1n) is 14.0. The van der Waals surface area contributed by atoms with Crippen molar-refractivity contribution in [1.29, 1.82) is 5.26 Å². The number of fused-ring (bicyclic) bond motifs is 20. The Hall–Kier alpha value is -4.53. The Kier molecular flexibility index (Phi) is 6.62. The van der Waals surface area contributed by atoms with E-state index in [0.717, 1.165) is 0 Å². The van der Waals surface area contributed by atoms with Crippen molar-refractivity contribution in [3.05, 3.63) is 90.3 Å². The Bertz CT molecular complexity index is 2840. The van der Waals surface area contributed by atoms with Gasteiger partial charge in [0.1, 0.15) is 22.6 Å². The lowest BCUT2D eigenvalue weighted by Crippen LogP contribution is -1.84. The van der Waals surface area contributed by atoms with Crippen LogP contribution in [0.3, 0.4) is 0 Å². The van der Waals surface area contributed by atoms with E-state index in [0.29, 0.717) is 125 Å². The summed E-state index contributed by atoms with van der Waals surface area (Å²) in [6, 6.07) is 17.7. The molecule has 9 rings (SSSR count). The molecule has 0 amide bonds. The summed E-state index contributed by atoms with van der Waals surface area (Å²) in [5, 5.41) is 14.4. The van der Waals surface area contributed by atoms with Gasteiger partial charge in [0, 0.05) is 43.8 Å². The first kappa shape index (κ1) is 29.6. The fraction of sp³-hybridized carbons (Fsp3) is 0. The van der Waals surface area contributed by atoms with Gasteiger partial charge in [-0.2, -0.15) is 5.26 Å². The van der Waals surface area contributed by atoms with E-state index in [1.54, 1.807) is 48.5 Å². The van der Waals surface area contributed by atoms with E-state index in [9.17, 15) is 5.26 Å². The van der Waals surface area contributed by atoms with Gasteiger partial charge in [-0.05, 0) is 42.5 Å². The van der Waals surface area contributed by atoms with Crippen LogP contribution in [0.25, 0.3) is 89.7 Å². The Morgan fingerprint density at radius 2 is 0.833 bits per heavy atom. The number of aromatic amines is 2. The van der Waals surface area contributed by atoms with E-state index in [1.165, 1.54) is 0 Å². The highest BCUT2D eigenvalue weighted by Gasteiger charge is 2.25. The monoisotopic (exact) mass is 743 g/mol. The third kappa shape index (κ3) is 4.46. The Morgan fingerprint density at radius 3 is 1.27 bits per heavy atom. The largest absolute Gasteiger partial charge is 0.324 e. The van der Waals surface area contributed by atoms with Crippen LogP contribution in [-0.4, -0.2) is 39.9 Å². The van der Waals surface area contributed by atoms with Crippen molar-refractivity contribution in [2.24, 2.45) is 0 Å². The fourth-order valence-corrected chi connectivity index (χ4v) is 6.90. The van der Waals surface area contributed by atoms with Crippen molar-refractivity contribution < 1.29 is 0 Å². The molecule has 0 atom stereocenters. The van der Waals surface area contributed by atoms with E-state index in [2.05, 4.69) is 16.0 Å². The predicted molar refractivity (Wildman–Crippen MR) is 191 cm³/mol. The molecule has 2 aliphatic rings. The van der Waals surface area contributed by atoms with E-state index >= 15 is 0 Å². The van der Waals surface area contributed by atoms with Gasteiger partial charge in [0.15, 0.2) is 23.3 Å². The molecule has 230 valence electrons. The number of nitrogens with one attached hydrogen (secondary N) is 2.